The zero-order chi connectivity index (χ0) is 13.2. The van der Waals surface area contributed by atoms with Crippen molar-refractivity contribution in [2.24, 2.45) is 0 Å². The van der Waals surface area contributed by atoms with Gasteiger partial charge in [-0.1, -0.05) is 6.92 Å². The van der Waals surface area contributed by atoms with Crippen LogP contribution in [0.4, 0.5) is 5.82 Å². The summed E-state index contributed by atoms with van der Waals surface area (Å²) >= 11 is 0. The van der Waals surface area contributed by atoms with Crippen molar-refractivity contribution >= 4 is 11.8 Å². The number of aromatic nitrogens is 1. The maximum absolute atomic E-state index is 11.6. The summed E-state index contributed by atoms with van der Waals surface area (Å²) in [6.07, 6.45) is 3.53. The molecule has 1 aromatic heterocycles. The van der Waals surface area contributed by atoms with E-state index in [2.05, 4.69) is 11.1 Å². The van der Waals surface area contributed by atoms with Crippen molar-refractivity contribution in [2.45, 2.75) is 31.7 Å². The molecule has 1 unspecified atom stereocenters. The van der Waals surface area contributed by atoms with Gasteiger partial charge in [-0.3, -0.25) is 0 Å². The van der Waals surface area contributed by atoms with Crippen LogP contribution in [0.3, 0.4) is 0 Å². The first kappa shape index (κ1) is 12.4. The zero-order valence-electron chi connectivity index (χ0n) is 10.3. The Kier molecular flexibility index (Phi) is 3.19. The van der Waals surface area contributed by atoms with Crippen molar-refractivity contribution in [1.82, 2.24) is 4.98 Å². The van der Waals surface area contributed by atoms with Crippen LogP contribution in [-0.2, 0) is 4.79 Å². The third kappa shape index (κ3) is 1.80. The molecule has 1 aliphatic rings. The van der Waals surface area contributed by atoms with Crippen LogP contribution >= 0.6 is 0 Å². The lowest BCUT2D eigenvalue weighted by atomic mass is 9.93. The summed E-state index contributed by atoms with van der Waals surface area (Å²) in [5, 5.41) is 18.4. The normalized spacial score (nSPS) is 22.8. The number of carboxylic acids is 1. The second-order valence-corrected chi connectivity index (χ2v) is 4.46. The van der Waals surface area contributed by atoms with Gasteiger partial charge >= 0.3 is 5.97 Å². The van der Waals surface area contributed by atoms with Crippen LogP contribution in [0.2, 0.25) is 0 Å². The van der Waals surface area contributed by atoms with Gasteiger partial charge in [0.15, 0.2) is 0 Å². The van der Waals surface area contributed by atoms with Crippen LogP contribution in [0, 0.1) is 11.3 Å². The molecular formula is C13H15N3O2. The smallest absolute Gasteiger partial charge is 0.329 e. The first-order valence-corrected chi connectivity index (χ1v) is 6.01. The van der Waals surface area contributed by atoms with E-state index >= 15 is 0 Å². The molecule has 1 aliphatic heterocycles. The lowest BCUT2D eigenvalue weighted by Gasteiger charge is -2.34. The van der Waals surface area contributed by atoms with Crippen LogP contribution < -0.4 is 4.90 Å². The molecule has 0 aromatic carbocycles. The molecule has 5 nitrogen and oxygen atoms in total. The highest BCUT2D eigenvalue weighted by Crippen LogP contribution is 2.36. The number of nitrogens with zero attached hydrogens (tertiary/aromatic N) is 3. The van der Waals surface area contributed by atoms with Gasteiger partial charge < -0.3 is 10.0 Å². The Morgan fingerprint density at radius 1 is 1.72 bits per heavy atom. The fourth-order valence-electron chi connectivity index (χ4n) is 2.59. The SMILES string of the molecule is CCC1(C(=O)O)CCCN1c1cc(C#N)ccn1. The minimum absolute atomic E-state index is 0.502. The van der Waals surface area contributed by atoms with Crippen molar-refractivity contribution in [3.63, 3.8) is 0 Å². The largest absolute Gasteiger partial charge is 0.479 e. The maximum atomic E-state index is 11.6. The third-order valence-corrected chi connectivity index (χ3v) is 3.62. The monoisotopic (exact) mass is 245 g/mol. The van der Waals surface area contributed by atoms with Crippen LogP contribution in [0.25, 0.3) is 0 Å². The van der Waals surface area contributed by atoms with Gasteiger partial charge in [-0.05, 0) is 31.4 Å². The summed E-state index contributed by atoms with van der Waals surface area (Å²) in [5.41, 5.74) is -0.372. The highest BCUT2D eigenvalue weighted by Gasteiger charge is 2.46. The summed E-state index contributed by atoms with van der Waals surface area (Å²) in [7, 11) is 0. The van der Waals surface area contributed by atoms with Gasteiger partial charge in [-0.2, -0.15) is 5.26 Å². The molecule has 0 amide bonds. The molecule has 1 fully saturated rings. The second-order valence-electron chi connectivity index (χ2n) is 4.46. The van der Waals surface area contributed by atoms with E-state index in [4.69, 9.17) is 5.26 Å². The fraction of sp³-hybridized carbons (Fsp3) is 0.462. The lowest BCUT2D eigenvalue weighted by Crippen LogP contribution is -2.50. The number of carboxylic acid groups (broad SMARTS) is 1. The van der Waals surface area contributed by atoms with Crippen LogP contribution in [-0.4, -0.2) is 28.1 Å². The first-order valence-electron chi connectivity index (χ1n) is 6.01. The number of nitriles is 1. The summed E-state index contributed by atoms with van der Waals surface area (Å²) < 4.78 is 0. The molecule has 0 aliphatic carbocycles. The van der Waals surface area contributed by atoms with E-state index in [9.17, 15) is 9.90 Å². The van der Waals surface area contributed by atoms with Gasteiger partial charge in [-0.25, -0.2) is 9.78 Å². The molecule has 1 aromatic rings. The van der Waals surface area contributed by atoms with Gasteiger partial charge in [-0.15, -0.1) is 0 Å². The predicted molar refractivity (Wildman–Crippen MR) is 66.2 cm³/mol. The molecule has 0 radical (unpaired) electrons. The van der Waals surface area contributed by atoms with E-state index in [0.717, 1.165) is 6.42 Å². The topological polar surface area (TPSA) is 77.2 Å². The zero-order valence-corrected chi connectivity index (χ0v) is 10.3. The van der Waals surface area contributed by atoms with E-state index in [1.165, 1.54) is 0 Å². The van der Waals surface area contributed by atoms with Crippen molar-refractivity contribution in [1.29, 1.82) is 5.26 Å². The molecule has 0 spiro atoms. The fourth-order valence-corrected chi connectivity index (χ4v) is 2.59. The highest BCUT2D eigenvalue weighted by molar-refractivity contribution is 5.84. The van der Waals surface area contributed by atoms with Gasteiger partial charge in [0.25, 0.3) is 0 Å². The molecule has 5 heteroatoms. The van der Waals surface area contributed by atoms with E-state index < -0.39 is 11.5 Å². The van der Waals surface area contributed by atoms with E-state index in [1.807, 2.05) is 11.8 Å². The van der Waals surface area contributed by atoms with Crippen LogP contribution in [0.15, 0.2) is 18.3 Å². The number of hydrogen-bond acceptors (Lipinski definition) is 4. The molecule has 1 atom stereocenters. The van der Waals surface area contributed by atoms with E-state index in [-0.39, 0.29) is 0 Å². The molecule has 0 saturated carbocycles. The Balaban J connectivity index is 2.43. The first-order chi connectivity index (χ1) is 8.64. The second kappa shape index (κ2) is 4.65. The Labute approximate surface area is 106 Å². The van der Waals surface area contributed by atoms with Gasteiger partial charge in [0.05, 0.1) is 11.6 Å². The molecule has 18 heavy (non-hydrogen) atoms. The summed E-state index contributed by atoms with van der Waals surface area (Å²) in [6, 6.07) is 5.32. The highest BCUT2D eigenvalue weighted by atomic mass is 16.4. The minimum atomic E-state index is -0.874. The Morgan fingerprint density at radius 2 is 2.50 bits per heavy atom. The molecule has 2 heterocycles. The number of aliphatic carboxylic acids is 1. The van der Waals surface area contributed by atoms with Gasteiger partial charge in [0.1, 0.15) is 11.4 Å². The Morgan fingerprint density at radius 3 is 3.11 bits per heavy atom. The van der Waals surface area contributed by atoms with Crippen molar-refractivity contribution in [3.05, 3.63) is 23.9 Å². The van der Waals surface area contributed by atoms with Crippen molar-refractivity contribution < 1.29 is 9.90 Å². The number of pyridine rings is 1. The number of carbonyl (C=O) groups is 1. The lowest BCUT2D eigenvalue weighted by molar-refractivity contribution is -0.143. The van der Waals surface area contributed by atoms with Gasteiger partial charge in [0, 0.05) is 12.7 Å². The number of anilines is 1. The average molecular weight is 245 g/mol. The van der Waals surface area contributed by atoms with E-state index in [0.29, 0.717) is 30.8 Å². The average Bonchev–Trinajstić information content (AvgIpc) is 2.84. The predicted octanol–water partition coefficient (Wildman–Crippen LogP) is 1.79. The van der Waals surface area contributed by atoms with Crippen LogP contribution in [0.5, 0.6) is 0 Å². The van der Waals surface area contributed by atoms with Gasteiger partial charge in [0.2, 0.25) is 0 Å². The standard InChI is InChI=1S/C13H15N3O2/c1-2-13(12(17)18)5-3-7-16(13)11-8-10(9-14)4-6-15-11/h4,6,8H,2-3,5,7H2,1H3,(H,17,18). The molecule has 1 N–H and O–H groups in total. The Bertz CT molecular complexity index is 509. The summed E-state index contributed by atoms with van der Waals surface area (Å²) in [5.74, 6) is -0.234. The summed E-state index contributed by atoms with van der Waals surface area (Å²) in [6.45, 7) is 2.54. The maximum Gasteiger partial charge on any atom is 0.329 e. The molecular weight excluding hydrogens is 230 g/mol. The molecule has 94 valence electrons. The third-order valence-electron chi connectivity index (χ3n) is 3.62. The number of rotatable bonds is 3. The van der Waals surface area contributed by atoms with Crippen LogP contribution in [0.1, 0.15) is 31.7 Å². The van der Waals surface area contributed by atoms with Crippen molar-refractivity contribution in [3.8, 4) is 6.07 Å². The van der Waals surface area contributed by atoms with Crippen molar-refractivity contribution in [2.75, 3.05) is 11.4 Å². The molecule has 2 rings (SSSR count). The van der Waals surface area contributed by atoms with E-state index in [1.54, 1.807) is 18.3 Å². The molecule has 1 saturated heterocycles. The quantitative estimate of drug-likeness (QED) is 0.878. The summed E-state index contributed by atoms with van der Waals surface area (Å²) in [4.78, 5) is 17.6. The number of hydrogen-bond donors (Lipinski definition) is 1. The minimum Gasteiger partial charge on any atom is -0.479 e. The Hall–Kier alpha value is -2.09. The molecule has 0 bridgehead atoms.